The minimum atomic E-state index is 0.0828. The lowest BCUT2D eigenvalue weighted by molar-refractivity contribution is -0.134. The molecule has 2 fully saturated rings. The van der Waals surface area contributed by atoms with Crippen molar-refractivity contribution < 1.29 is 9.53 Å². The van der Waals surface area contributed by atoms with Crippen molar-refractivity contribution in [2.24, 2.45) is 5.92 Å². The molecule has 2 aromatic rings. The Kier molecular flexibility index (Phi) is 5.81. The molecule has 1 aliphatic carbocycles. The van der Waals surface area contributed by atoms with E-state index in [9.17, 15) is 4.79 Å². The molecule has 2 aromatic carbocycles. The minimum absolute atomic E-state index is 0.0828. The zero-order valence-electron chi connectivity index (χ0n) is 15.9. The number of nitrogens with zero attached hydrogens (tertiary/aromatic N) is 2. The Hall–Kier alpha value is -1.75. The summed E-state index contributed by atoms with van der Waals surface area (Å²) in [5.74, 6) is 1.47. The van der Waals surface area contributed by atoms with Gasteiger partial charge in [-0.2, -0.15) is 0 Å². The third-order valence-corrected chi connectivity index (χ3v) is 6.31. The first-order valence-electron chi connectivity index (χ1n) is 9.65. The number of hydrogen-bond acceptors (Lipinski definition) is 3. The fourth-order valence-corrected chi connectivity index (χ4v) is 4.53. The third-order valence-electron chi connectivity index (χ3n) is 5.73. The molecule has 0 radical (unpaired) electrons. The van der Waals surface area contributed by atoms with Crippen LogP contribution in [0.4, 0.5) is 0 Å². The first-order valence-corrected chi connectivity index (χ1v) is 10.4. The van der Waals surface area contributed by atoms with Gasteiger partial charge in [0.2, 0.25) is 5.91 Å². The Morgan fingerprint density at radius 2 is 1.86 bits per heavy atom. The number of amides is 1. The fourth-order valence-electron chi connectivity index (χ4n) is 4.06. The molecule has 0 N–H and O–H groups in total. The zero-order valence-corrected chi connectivity index (χ0v) is 17.4. The lowest BCUT2D eigenvalue weighted by atomic mass is 10.1. The van der Waals surface area contributed by atoms with E-state index in [2.05, 4.69) is 4.90 Å². The predicted octanol–water partition coefficient (Wildman–Crippen LogP) is 4.45. The van der Waals surface area contributed by atoms with E-state index < -0.39 is 0 Å². The first kappa shape index (κ1) is 19.6. The highest BCUT2D eigenvalue weighted by atomic mass is 35.5. The van der Waals surface area contributed by atoms with Crippen LogP contribution >= 0.6 is 23.2 Å². The summed E-state index contributed by atoms with van der Waals surface area (Å²) >= 11 is 12.4. The van der Waals surface area contributed by atoms with Crippen molar-refractivity contribution in [1.82, 2.24) is 9.80 Å². The van der Waals surface area contributed by atoms with Crippen LogP contribution in [0.3, 0.4) is 0 Å². The Labute approximate surface area is 176 Å². The molecular weight excluding hydrogens is 395 g/mol. The van der Waals surface area contributed by atoms with Gasteiger partial charge in [-0.15, -0.1) is 0 Å². The number of benzene rings is 2. The third kappa shape index (κ3) is 4.14. The molecule has 1 saturated heterocycles. The predicted molar refractivity (Wildman–Crippen MR) is 112 cm³/mol. The van der Waals surface area contributed by atoms with Crippen LogP contribution in [0.2, 0.25) is 10.0 Å². The van der Waals surface area contributed by atoms with Gasteiger partial charge in [0.25, 0.3) is 0 Å². The summed E-state index contributed by atoms with van der Waals surface area (Å²) in [6.45, 7) is 3.99. The van der Waals surface area contributed by atoms with Gasteiger partial charge in [0.15, 0.2) is 0 Å². The van der Waals surface area contributed by atoms with Crippen molar-refractivity contribution >= 4 is 29.1 Å². The molecule has 1 heterocycles. The summed E-state index contributed by atoms with van der Waals surface area (Å²) in [5.41, 5.74) is 2.19. The molecule has 2 unspecified atom stereocenters. The number of carbonyl (C=O) groups is 1. The highest BCUT2D eigenvalue weighted by Crippen LogP contribution is 2.50. The second-order valence-electron chi connectivity index (χ2n) is 7.53. The summed E-state index contributed by atoms with van der Waals surface area (Å²) in [6.07, 6.45) is 0.905. The van der Waals surface area contributed by atoms with Crippen LogP contribution in [0.25, 0.3) is 0 Å². The number of piperazine rings is 1. The van der Waals surface area contributed by atoms with E-state index >= 15 is 0 Å². The van der Waals surface area contributed by atoms with Gasteiger partial charge in [-0.3, -0.25) is 9.69 Å². The van der Waals surface area contributed by atoms with Gasteiger partial charge in [-0.25, -0.2) is 0 Å². The molecule has 0 aromatic heterocycles. The van der Waals surface area contributed by atoms with Crippen LogP contribution in [-0.2, 0) is 11.3 Å². The summed E-state index contributed by atoms with van der Waals surface area (Å²) in [6, 6.07) is 13.6. The summed E-state index contributed by atoms with van der Waals surface area (Å²) < 4.78 is 5.44. The number of rotatable bonds is 5. The van der Waals surface area contributed by atoms with E-state index in [0.717, 1.165) is 61.0 Å². The van der Waals surface area contributed by atoms with Crippen LogP contribution in [0.15, 0.2) is 42.5 Å². The summed E-state index contributed by atoms with van der Waals surface area (Å²) in [7, 11) is 1.67. The van der Waals surface area contributed by atoms with Gasteiger partial charge in [0, 0.05) is 54.3 Å². The molecule has 2 atom stereocenters. The van der Waals surface area contributed by atoms with Crippen molar-refractivity contribution in [2.45, 2.75) is 18.9 Å². The van der Waals surface area contributed by atoms with Crippen LogP contribution in [0.5, 0.6) is 5.75 Å². The average molecular weight is 419 g/mol. The molecule has 28 heavy (non-hydrogen) atoms. The maximum Gasteiger partial charge on any atom is 0.226 e. The largest absolute Gasteiger partial charge is 0.496 e. The van der Waals surface area contributed by atoms with E-state index in [0.29, 0.717) is 5.02 Å². The van der Waals surface area contributed by atoms with Crippen molar-refractivity contribution in [3.05, 3.63) is 63.6 Å². The topological polar surface area (TPSA) is 32.8 Å². The van der Waals surface area contributed by atoms with Crippen LogP contribution in [-0.4, -0.2) is 49.0 Å². The summed E-state index contributed by atoms with van der Waals surface area (Å²) in [4.78, 5) is 17.2. The Balaban J connectivity index is 1.32. The second kappa shape index (κ2) is 8.32. The van der Waals surface area contributed by atoms with Gasteiger partial charge in [-0.05, 0) is 42.2 Å². The molecule has 4 rings (SSSR count). The Bertz CT molecular complexity index is 865. The molecular formula is C22H24Cl2N2O2. The normalized spacial score (nSPS) is 22.2. The maximum atomic E-state index is 12.9. The van der Waals surface area contributed by atoms with E-state index in [-0.39, 0.29) is 17.7 Å². The monoisotopic (exact) mass is 418 g/mol. The number of halogens is 2. The lowest BCUT2D eigenvalue weighted by Gasteiger charge is -2.35. The number of methoxy groups -OCH3 is 1. The van der Waals surface area contributed by atoms with Crippen LogP contribution in [0.1, 0.15) is 23.5 Å². The molecule has 1 aliphatic heterocycles. The maximum absolute atomic E-state index is 12.9. The fraction of sp³-hybridized carbons (Fsp3) is 0.409. The standard InChI is InChI=1S/C22H24Cl2N2O2/c1-28-21-7-6-16(23)12-15(21)14-25-8-10-26(11-9-25)22(27)19-13-18(19)17-4-2-3-5-20(17)24/h2-7,12,18-19H,8-11,13-14H2,1H3. The van der Waals surface area contributed by atoms with E-state index in [4.69, 9.17) is 27.9 Å². The van der Waals surface area contributed by atoms with Gasteiger partial charge in [0.05, 0.1) is 7.11 Å². The smallest absolute Gasteiger partial charge is 0.226 e. The molecule has 1 amide bonds. The highest BCUT2D eigenvalue weighted by molar-refractivity contribution is 6.31. The van der Waals surface area contributed by atoms with Gasteiger partial charge in [0.1, 0.15) is 5.75 Å². The number of ether oxygens (including phenoxy) is 1. The molecule has 2 aliphatic rings. The van der Waals surface area contributed by atoms with Gasteiger partial charge >= 0.3 is 0 Å². The molecule has 4 nitrogen and oxygen atoms in total. The highest BCUT2D eigenvalue weighted by Gasteiger charge is 2.46. The van der Waals surface area contributed by atoms with E-state index in [1.54, 1.807) is 7.11 Å². The van der Waals surface area contributed by atoms with Crippen molar-refractivity contribution in [3.63, 3.8) is 0 Å². The van der Waals surface area contributed by atoms with Crippen LogP contribution in [0, 0.1) is 5.92 Å². The van der Waals surface area contributed by atoms with E-state index in [1.807, 2.05) is 47.4 Å². The summed E-state index contributed by atoms with van der Waals surface area (Å²) in [5, 5.41) is 1.48. The minimum Gasteiger partial charge on any atom is -0.496 e. The molecule has 1 saturated carbocycles. The zero-order chi connectivity index (χ0) is 19.7. The quantitative estimate of drug-likeness (QED) is 0.718. The van der Waals surface area contributed by atoms with Crippen LogP contribution < -0.4 is 4.74 Å². The average Bonchev–Trinajstić information content (AvgIpc) is 3.49. The van der Waals surface area contributed by atoms with E-state index in [1.165, 1.54) is 0 Å². The Morgan fingerprint density at radius 1 is 1.11 bits per heavy atom. The second-order valence-corrected chi connectivity index (χ2v) is 8.37. The molecule has 6 heteroatoms. The number of hydrogen-bond donors (Lipinski definition) is 0. The van der Waals surface area contributed by atoms with Gasteiger partial charge < -0.3 is 9.64 Å². The molecule has 148 valence electrons. The van der Waals surface area contributed by atoms with Crippen molar-refractivity contribution in [2.75, 3.05) is 33.3 Å². The molecule has 0 bridgehead atoms. The van der Waals surface area contributed by atoms with Crippen molar-refractivity contribution in [3.8, 4) is 5.75 Å². The Morgan fingerprint density at radius 3 is 2.57 bits per heavy atom. The SMILES string of the molecule is COc1ccc(Cl)cc1CN1CCN(C(=O)C2CC2c2ccccc2Cl)CC1. The lowest BCUT2D eigenvalue weighted by Crippen LogP contribution is -2.48. The first-order chi connectivity index (χ1) is 13.6. The van der Waals surface area contributed by atoms with Gasteiger partial charge in [-0.1, -0.05) is 41.4 Å². The molecule has 0 spiro atoms. The number of carbonyl (C=O) groups excluding carboxylic acids is 1. The van der Waals surface area contributed by atoms with Crippen molar-refractivity contribution in [1.29, 1.82) is 0 Å².